The fourth-order valence-electron chi connectivity index (χ4n) is 2.68. The van der Waals surface area contributed by atoms with Crippen molar-refractivity contribution in [1.82, 2.24) is 4.90 Å². The molecular weight excluding hydrogens is 290 g/mol. The molecule has 1 heterocycles. The molecule has 1 aromatic carbocycles. The predicted octanol–water partition coefficient (Wildman–Crippen LogP) is 4.02. The van der Waals surface area contributed by atoms with Crippen LogP contribution in [-0.4, -0.2) is 23.4 Å². The molecule has 3 heteroatoms. The van der Waals surface area contributed by atoms with Gasteiger partial charge in [-0.15, -0.1) is 0 Å². The number of nitrogens with zero attached hydrogens (tertiary/aromatic N) is 1. The first-order valence-electron chi connectivity index (χ1n) is 6.56. The standard InChI is InChI=1S/C15H20BrNO/c1-10-7-8-17(12(3)9-10)15(18)13-6-4-5-11(2)14(13)16/h4-6,10,12H,7-9H2,1-3H3. The van der Waals surface area contributed by atoms with Crippen LogP contribution in [0.4, 0.5) is 0 Å². The van der Waals surface area contributed by atoms with Crippen LogP contribution in [0.5, 0.6) is 0 Å². The number of carbonyl (C=O) groups excluding carboxylic acids is 1. The highest BCUT2D eigenvalue weighted by atomic mass is 79.9. The van der Waals surface area contributed by atoms with E-state index in [0.29, 0.717) is 6.04 Å². The van der Waals surface area contributed by atoms with Crippen LogP contribution in [0.1, 0.15) is 42.6 Å². The number of hydrogen-bond donors (Lipinski definition) is 0. The molecule has 2 atom stereocenters. The van der Waals surface area contributed by atoms with E-state index >= 15 is 0 Å². The van der Waals surface area contributed by atoms with E-state index in [1.807, 2.05) is 30.0 Å². The summed E-state index contributed by atoms with van der Waals surface area (Å²) < 4.78 is 0.931. The smallest absolute Gasteiger partial charge is 0.255 e. The molecule has 0 bridgehead atoms. The fourth-order valence-corrected chi connectivity index (χ4v) is 3.11. The number of piperidine rings is 1. The zero-order valence-corrected chi connectivity index (χ0v) is 12.8. The second-order valence-corrected chi connectivity index (χ2v) is 6.21. The van der Waals surface area contributed by atoms with E-state index in [9.17, 15) is 4.79 Å². The molecule has 0 spiro atoms. The molecule has 98 valence electrons. The molecule has 18 heavy (non-hydrogen) atoms. The van der Waals surface area contributed by atoms with E-state index in [2.05, 4.69) is 29.8 Å². The minimum absolute atomic E-state index is 0.157. The Morgan fingerprint density at radius 1 is 1.39 bits per heavy atom. The lowest BCUT2D eigenvalue weighted by molar-refractivity contribution is 0.0587. The predicted molar refractivity (Wildman–Crippen MR) is 77.8 cm³/mol. The first kappa shape index (κ1) is 13.6. The van der Waals surface area contributed by atoms with E-state index in [0.717, 1.165) is 40.9 Å². The molecule has 1 fully saturated rings. The highest BCUT2D eigenvalue weighted by molar-refractivity contribution is 9.10. The summed E-state index contributed by atoms with van der Waals surface area (Å²) in [4.78, 5) is 14.6. The maximum absolute atomic E-state index is 12.6. The third-order valence-corrected chi connectivity index (χ3v) is 4.87. The van der Waals surface area contributed by atoms with E-state index in [1.54, 1.807) is 0 Å². The van der Waals surface area contributed by atoms with E-state index < -0.39 is 0 Å². The molecule has 0 aromatic heterocycles. The van der Waals surface area contributed by atoms with Crippen molar-refractivity contribution in [3.05, 3.63) is 33.8 Å². The summed E-state index contributed by atoms with van der Waals surface area (Å²) in [6.45, 7) is 7.31. The summed E-state index contributed by atoms with van der Waals surface area (Å²) in [5.41, 5.74) is 1.90. The third kappa shape index (κ3) is 2.61. The average molecular weight is 310 g/mol. The molecule has 0 radical (unpaired) electrons. The Morgan fingerprint density at radius 3 is 2.78 bits per heavy atom. The zero-order valence-electron chi connectivity index (χ0n) is 11.2. The highest BCUT2D eigenvalue weighted by Gasteiger charge is 2.28. The monoisotopic (exact) mass is 309 g/mol. The van der Waals surface area contributed by atoms with Crippen LogP contribution in [0.2, 0.25) is 0 Å². The number of aryl methyl sites for hydroxylation is 1. The Balaban J connectivity index is 2.23. The summed E-state index contributed by atoms with van der Waals surface area (Å²) >= 11 is 3.53. The number of likely N-dealkylation sites (tertiary alicyclic amines) is 1. The molecule has 1 aromatic rings. The number of carbonyl (C=O) groups is 1. The molecule has 1 amide bonds. The van der Waals surface area contributed by atoms with Crippen LogP contribution in [0.25, 0.3) is 0 Å². The maximum Gasteiger partial charge on any atom is 0.255 e. The fraction of sp³-hybridized carbons (Fsp3) is 0.533. The largest absolute Gasteiger partial charge is 0.336 e. The Morgan fingerprint density at radius 2 is 2.11 bits per heavy atom. The average Bonchev–Trinajstić information content (AvgIpc) is 2.32. The Kier molecular flexibility index (Phi) is 4.10. The SMILES string of the molecule is Cc1cccc(C(=O)N2CCC(C)CC2C)c1Br. The lowest BCUT2D eigenvalue weighted by atomic mass is 9.93. The molecular formula is C15H20BrNO. The van der Waals surface area contributed by atoms with E-state index in [4.69, 9.17) is 0 Å². The Bertz CT molecular complexity index is 458. The summed E-state index contributed by atoms with van der Waals surface area (Å²) in [5, 5.41) is 0. The van der Waals surface area contributed by atoms with Crippen LogP contribution < -0.4 is 0 Å². The van der Waals surface area contributed by atoms with Gasteiger partial charge in [-0.3, -0.25) is 4.79 Å². The van der Waals surface area contributed by atoms with Crippen LogP contribution in [0.15, 0.2) is 22.7 Å². The van der Waals surface area contributed by atoms with Crippen LogP contribution in [0, 0.1) is 12.8 Å². The topological polar surface area (TPSA) is 20.3 Å². The minimum atomic E-state index is 0.157. The van der Waals surface area contributed by atoms with Crippen molar-refractivity contribution in [2.24, 2.45) is 5.92 Å². The van der Waals surface area contributed by atoms with Gasteiger partial charge in [0.05, 0.1) is 5.56 Å². The van der Waals surface area contributed by atoms with Crippen LogP contribution >= 0.6 is 15.9 Å². The summed E-state index contributed by atoms with van der Waals surface area (Å²) in [6.07, 6.45) is 2.22. The van der Waals surface area contributed by atoms with Crippen molar-refractivity contribution in [3.63, 3.8) is 0 Å². The van der Waals surface area contributed by atoms with Gasteiger partial charge in [0.1, 0.15) is 0 Å². The minimum Gasteiger partial charge on any atom is -0.336 e. The third-order valence-electron chi connectivity index (χ3n) is 3.82. The molecule has 0 saturated carbocycles. The molecule has 2 unspecified atom stereocenters. The van der Waals surface area contributed by atoms with Crippen molar-refractivity contribution in [3.8, 4) is 0 Å². The summed E-state index contributed by atoms with van der Waals surface area (Å²) in [7, 11) is 0. The molecule has 0 N–H and O–H groups in total. The van der Waals surface area contributed by atoms with Gasteiger partial charge in [-0.05, 0) is 60.2 Å². The number of halogens is 1. The van der Waals surface area contributed by atoms with Gasteiger partial charge in [0.2, 0.25) is 0 Å². The molecule has 1 aliphatic heterocycles. The number of benzene rings is 1. The van der Waals surface area contributed by atoms with Gasteiger partial charge < -0.3 is 4.90 Å². The van der Waals surface area contributed by atoms with Crippen molar-refractivity contribution >= 4 is 21.8 Å². The normalized spacial score (nSPS) is 24.1. The summed E-state index contributed by atoms with van der Waals surface area (Å²) in [5.74, 6) is 0.884. The number of rotatable bonds is 1. The Labute approximate surface area is 117 Å². The molecule has 2 nitrogen and oxygen atoms in total. The maximum atomic E-state index is 12.6. The molecule has 0 aliphatic carbocycles. The van der Waals surface area contributed by atoms with Crippen molar-refractivity contribution in [2.75, 3.05) is 6.54 Å². The Hall–Kier alpha value is -0.830. The van der Waals surface area contributed by atoms with Crippen molar-refractivity contribution < 1.29 is 4.79 Å². The van der Waals surface area contributed by atoms with Gasteiger partial charge >= 0.3 is 0 Å². The molecule has 1 aliphatic rings. The van der Waals surface area contributed by atoms with Gasteiger partial charge in [-0.1, -0.05) is 19.1 Å². The van der Waals surface area contributed by atoms with Crippen molar-refractivity contribution in [1.29, 1.82) is 0 Å². The second kappa shape index (κ2) is 5.43. The van der Waals surface area contributed by atoms with Gasteiger partial charge in [0.25, 0.3) is 5.91 Å². The molecule has 1 saturated heterocycles. The van der Waals surface area contributed by atoms with Crippen LogP contribution in [0.3, 0.4) is 0 Å². The first-order chi connectivity index (χ1) is 8.50. The van der Waals surface area contributed by atoms with Crippen molar-refractivity contribution in [2.45, 2.75) is 39.7 Å². The lowest BCUT2D eigenvalue weighted by Gasteiger charge is -2.36. The van der Waals surface area contributed by atoms with Gasteiger partial charge in [0, 0.05) is 17.1 Å². The summed E-state index contributed by atoms with van der Waals surface area (Å²) in [6, 6.07) is 6.21. The first-order valence-corrected chi connectivity index (χ1v) is 7.36. The quantitative estimate of drug-likeness (QED) is 0.767. The lowest BCUT2D eigenvalue weighted by Crippen LogP contribution is -2.44. The second-order valence-electron chi connectivity index (χ2n) is 5.41. The zero-order chi connectivity index (χ0) is 13.3. The molecule has 2 rings (SSSR count). The van der Waals surface area contributed by atoms with Crippen LogP contribution in [-0.2, 0) is 0 Å². The number of amides is 1. The highest BCUT2D eigenvalue weighted by Crippen LogP contribution is 2.27. The van der Waals surface area contributed by atoms with Gasteiger partial charge in [0.15, 0.2) is 0 Å². The van der Waals surface area contributed by atoms with E-state index in [1.165, 1.54) is 0 Å². The van der Waals surface area contributed by atoms with Gasteiger partial charge in [-0.25, -0.2) is 0 Å². The van der Waals surface area contributed by atoms with E-state index in [-0.39, 0.29) is 5.91 Å². The number of hydrogen-bond acceptors (Lipinski definition) is 1. The van der Waals surface area contributed by atoms with Gasteiger partial charge in [-0.2, -0.15) is 0 Å².